The van der Waals surface area contributed by atoms with Gasteiger partial charge < -0.3 is 9.55 Å². The van der Waals surface area contributed by atoms with Crippen LogP contribution >= 0.6 is 23.4 Å². The third-order valence-electron chi connectivity index (χ3n) is 5.55. The SMILES string of the molecule is CSc1nccn1C(c1ccc(Cl)cc1)c1ccc2[nH]c(=O)cc(-c3ccccc3)c2c1. The number of aromatic nitrogens is 3. The van der Waals surface area contributed by atoms with Crippen LogP contribution in [0.1, 0.15) is 17.2 Å². The summed E-state index contributed by atoms with van der Waals surface area (Å²) in [5, 5.41) is 2.62. The zero-order valence-electron chi connectivity index (χ0n) is 17.3. The molecule has 0 saturated carbocycles. The Kier molecular flexibility index (Phi) is 5.60. The minimum Gasteiger partial charge on any atom is -0.322 e. The zero-order chi connectivity index (χ0) is 22.1. The van der Waals surface area contributed by atoms with Crippen molar-refractivity contribution >= 4 is 34.3 Å². The van der Waals surface area contributed by atoms with E-state index < -0.39 is 0 Å². The van der Waals surface area contributed by atoms with Crippen LogP contribution in [0.2, 0.25) is 5.02 Å². The van der Waals surface area contributed by atoms with Gasteiger partial charge in [0.25, 0.3) is 0 Å². The molecule has 0 bridgehead atoms. The van der Waals surface area contributed by atoms with Gasteiger partial charge in [0, 0.05) is 34.4 Å². The van der Waals surface area contributed by atoms with Gasteiger partial charge in [-0.25, -0.2) is 4.98 Å². The molecule has 1 unspecified atom stereocenters. The van der Waals surface area contributed by atoms with Gasteiger partial charge in [0.2, 0.25) is 5.56 Å². The Labute approximate surface area is 194 Å². The molecular weight excluding hydrogens is 438 g/mol. The van der Waals surface area contributed by atoms with Gasteiger partial charge in [0.1, 0.15) is 0 Å². The molecule has 0 aliphatic rings. The first-order valence-corrected chi connectivity index (χ1v) is 11.8. The van der Waals surface area contributed by atoms with Crippen molar-refractivity contribution in [2.75, 3.05) is 6.26 Å². The predicted molar refractivity (Wildman–Crippen MR) is 133 cm³/mol. The maximum absolute atomic E-state index is 12.3. The molecule has 158 valence electrons. The number of hydrogen-bond donors (Lipinski definition) is 1. The lowest BCUT2D eigenvalue weighted by Gasteiger charge is -2.22. The number of nitrogens with zero attached hydrogens (tertiary/aromatic N) is 2. The summed E-state index contributed by atoms with van der Waals surface area (Å²) in [4.78, 5) is 19.8. The molecule has 0 amide bonds. The topological polar surface area (TPSA) is 50.7 Å². The highest BCUT2D eigenvalue weighted by atomic mass is 35.5. The molecule has 0 aliphatic carbocycles. The second-order valence-electron chi connectivity index (χ2n) is 7.49. The van der Waals surface area contributed by atoms with Crippen LogP contribution in [0.4, 0.5) is 0 Å². The number of nitrogens with one attached hydrogen (secondary N) is 1. The van der Waals surface area contributed by atoms with Gasteiger partial charge in [0.15, 0.2) is 5.16 Å². The number of rotatable bonds is 5. The van der Waals surface area contributed by atoms with E-state index in [9.17, 15) is 4.79 Å². The Morgan fingerprint density at radius 3 is 2.47 bits per heavy atom. The van der Waals surface area contributed by atoms with E-state index in [0.717, 1.165) is 38.3 Å². The first kappa shape index (κ1) is 20.6. The molecule has 0 aliphatic heterocycles. The van der Waals surface area contributed by atoms with Crippen molar-refractivity contribution < 1.29 is 0 Å². The number of pyridine rings is 1. The van der Waals surface area contributed by atoms with Crippen molar-refractivity contribution in [2.24, 2.45) is 0 Å². The fourth-order valence-electron chi connectivity index (χ4n) is 4.11. The summed E-state index contributed by atoms with van der Waals surface area (Å²) < 4.78 is 2.17. The fraction of sp³-hybridized carbons (Fsp3) is 0.0769. The number of imidazole rings is 1. The van der Waals surface area contributed by atoms with E-state index in [-0.39, 0.29) is 11.6 Å². The number of hydrogen-bond acceptors (Lipinski definition) is 3. The Morgan fingerprint density at radius 1 is 0.969 bits per heavy atom. The summed E-state index contributed by atoms with van der Waals surface area (Å²) in [6.45, 7) is 0. The van der Waals surface area contributed by atoms with Crippen molar-refractivity contribution in [1.82, 2.24) is 14.5 Å². The summed E-state index contributed by atoms with van der Waals surface area (Å²) in [5.41, 5.74) is 4.82. The first-order chi connectivity index (χ1) is 15.6. The quantitative estimate of drug-likeness (QED) is 0.310. The van der Waals surface area contributed by atoms with Crippen molar-refractivity contribution in [3.05, 3.63) is 118 Å². The number of halogens is 1. The molecular formula is C26H20ClN3OS. The van der Waals surface area contributed by atoms with Crippen LogP contribution in [0.5, 0.6) is 0 Å². The molecule has 0 spiro atoms. The molecule has 5 rings (SSSR count). The molecule has 0 saturated heterocycles. The Bertz CT molecular complexity index is 1440. The average Bonchev–Trinajstić information content (AvgIpc) is 3.29. The highest BCUT2D eigenvalue weighted by Gasteiger charge is 2.20. The third-order valence-corrected chi connectivity index (χ3v) is 6.48. The van der Waals surface area contributed by atoms with Gasteiger partial charge in [0.05, 0.1) is 6.04 Å². The van der Waals surface area contributed by atoms with E-state index in [1.54, 1.807) is 17.8 Å². The molecule has 32 heavy (non-hydrogen) atoms. The lowest BCUT2D eigenvalue weighted by molar-refractivity contribution is 0.616. The molecule has 2 heterocycles. The van der Waals surface area contributed by atoms with Gasteiger partial charge in [-0.05, 0) is 52.8 Å². The van der Waals surface area contributed by atoms with Gasteiger partial charge in [-0.2, -0.15) is 0 Å². The van der Waals surface area contributed by atoms with E-state index in [1.165, 1.54) is 0 Å². The normalized spacial score (nSPS) is 12.2. The molecule has 1 N–H and O–H groups in total. The molecule has 2 aromatic heterocycles. The molecule has 0 radical (unpaired) electrons. The lowest BCUT2D eigenvalue weighted by Crippen LogP contribution is -2.13. The first-order valence-electron chi connectivity index (χ1n) is 10.2. The molecule has 0 fully saturated rings. The van der Waals surface area contributed by atoms with E-state index in [0.29, 0.717) is 5.02 Å². The second kappa shape index (κ2) is 8.69. The van der Waals surface area contributed by atoms with Gasteiger partial charge in [-0.3, -0.25) is 4.79 Å². The number of thioether (sulfide) groups is 1. The Morgan fingerprint density at radius 2 is 1.72 bits per heavy atom. The summed E-state index contributed by atoms with van der Waals surface area (Å²) in [7, 11) is 0. The van der Waals surface area contributed by atoms with Crippen LogP contribution < -0.4 is 5.56 Å². The standard InChI is InChI=1S/C26H20ClN3OS/c1-32-26-28-13-14-30(26)25(18-7-10-20(27)11-8-18)19-9-12-23-22(15-19)21(16-24(31)29-23)17-5-3-2-4-6-17/h2-16,25H,1H3,(H,29,31). The van der Waals surface area contributed by atoms with Crippen molar-refractivity contribution in [2.45, 2.75) is 11.2 Å². The Balaban J connectivity index is 1.75. The summed E-state index contributed by atoms with van der Waals surface area (Å²) in [6, 6.07) is 25.7. The average molecular weight is 458 g/mol. The van der Waals surface area contributed by atoms with E-state index in [1.807, 2.05) is 79.3 Å². The number of fused-ring (bicyclic) bond motifs is 1. The van der Waals surface area contributed by atoms with Crippen LogP contribution in [0.3, 0.4) is 0 Å². The number of aromatic amines is 1. The van der Waals surface area contributed by atoms with E-state index >= 15 is 0 Å². The van der Waals surface area contributed by atoms with Gasteiger partial charge >= 0.3 is 0 Å². The maximum atomic E-state index is 12.3. The van der Waals surface area contributed by atoms with Crippen LogP contribution in [-0.2, 0) is 0 Å². The van der Waals surface area contributed by atoms with Crippen molar-refractivity contribution in [3.8, 4) is 11.1 Å². The molecule has 1 atom stereocenters. The van der Waals surface area contributed by atoms with Crippen molar-refractivity contribution in [3.63, 3.8) is 0 Å². The van der Waals surface area contributed by atoms with Gasteiger partial charge in [-0.1, -0.05) is 71.9 Å². The van der Waals surface area contributed by atoms with E-state index in [2.05, 4.69) is 26.7 Å². The second-order valence-corrected chi connectivity index (χ2v) is 8.70. The van der Waals surface area contributed by atoms with Crippen LogP contribution in [0.25, 0.3) is 22.0 Å². The Hall–Kier alpha value is -3.28. The lowest BCUT2D eigenvalue weighted by atomic mass is 9.94. The number of benzene rings is 3. The summed E-state index contributed by atoms with van der Waals surface area (Å²) in [6.07, 6.45) is 5.85. The highest BCUT2D eigenvalue weighted by molar-refractivity contribution is 7.98. The zero-order valence-corrected chi connectivity index (χ0v) is 18.9. The summed E-state index contributed by atoms with van der Waals surface area (Å²) >= 11 is 7.78. The minimum atomic E-state index is -0.113. The highest BCUT2D eigenvalue weighted by Crippen LogP contribution is 2.34. The van der Waals surface area contributed by atoms with Gasteiger partial charge in [-0.15, -0.1) is 0 Å². The van der Waals surface area contributed by atoms with E-state index in [4.69, 9.17) is 11.6 Å². The molecule has 5 aromatic rings. The minimum absolute atomic E-state index is 0.0860. The summed E-state index contributed by atoms with van der Waals surface area (Å²) in [5.74, 6) is 0. The predicted octanol–water partition coefficient (Wildman–Crippen LogP) is 6.40. The maximum Gasteiger partial charge on any atom is 0.249 e. The molecule has 6 heteroatoms. The smallest absolute Gasteiger partial charge is 0.249 e. The largest absolute Gasteiger partial charge is 0.322 e. The fourth-order valence-corrected chi connectivity index (χ4v) is 4.78. The van der Waals surface area contributed by atoms with Crippen LogP contribution in [-0.4, -0.2) is 20.8 Å². The monoisotopic (exact) mass is 457 g/mol. The van der Waals surface area contributed by atoms with Crippen LogP contribution in [0.15, 0.2) is 101 Å². The third kappa shape index (κ3) is 3.85. The number of H-pyrrole nitrogens is 1. The molecule has 4 nitrogen and oxygen atoms in total. The van der Waals surface area contributed by atoms with Crippen LogP contribution in [0, 0.1) is 0 Å². The molecule has 3 aromatic carbocycles. The van der Waals surface area contributed by atoms with Crippen molar-refractivity contribution in [1.29, 1.82) is 0 Å².